The Morgan fingerprint density at radius 2 is 2.36 bits per heavy atom. The largest absolute Gasteiger partial charge is 0.304 e. The van der Waals surface area contributed by atoms with Crippen molar-refractivity contribution in [1.82, 2.24) is 4.98 Å². The standard InChI is InChI=1S/C9H13BrN2OS/c1-3-4-14(13)12-8-5-7(2)9(10)11-6-8/h5-6,12H,3-4H2,1-2H3. The molecule has 0 saturated carbocycles. The highest BCUT2D eigenvalue weighted by Crippen LogP contribution is 2.16. The topological polar surface area (TPSA) is 42.0 Å². The van der Waals surface area contributed by atoms with E-state index in [2.05, 4.69) is 25.6 Å². The van der Waals surface area contributed by atoms with Crippen molar-refractivity contribution in [3.63, 3.8) is 0 Å². The van der Waals surface area contributed by atoms with Gasteiger partial charge in [-0.2, -0.15) is 0 Å². The van der Waals surface area contributed by atoms with E-state index >= 15 is 0 Å². The molecule has 14 heavy (non-hydrogen) atoms. The van der Waals surface area contributed by atoms with E-state index in [0.717, 1.165) is 22.3 Å². The highest BCUT2D eigenvalue weighted by Gasteiger charge is 2.01. The molecule has 1 aromatic heterocycles. The van der Waals surface area contributed by atoms with Gasteiger partial charge >= 0.3 is 0 Å². The minimum atomic E-state index is -0.991. The van der Waals surface area contributed by atoms with Gasteiger partial charge in [0.1, 0.15) is 15.6 Å². The lowest BCUT2D eigenvalue weighted by atomic mass is 10.3. The van der Waals surface area contributed by atoms with Crippen molar-refractivity contribution in [2.24, 2.45) is 0 Å². The third-order valence-electron chi connectivity index (χ3n) is 1.64. The molecule has 0 aliphatic heterocycles. The van der Waals surface area contributed by atoms with Gasteiger partial charge in [-0.3, -0.25) is 0 Å². The van der Waals surface area contributed by atoms with E-state index in [4.69, 9.17) is 0 Å². The van der Waals surface area contributed by atoms with E-state index in [1.54, 1.807) is 6.20 Å². The molecule has 0 radical (unpaired) electrons. The SMILES string of the molecule is CCCS(=O)Nc1cnc(Br)c(C)c1. The summed E-state index contributed by atoms with van der Waals surface area (Å²) < 4.78 is 15.1. The number of hydrogen-bond donors (Lipinski definition) is 1. The van der Waals surface area contributed by atoms with Gasteiger partial charge in [0.15, 0.2) is 0 Å². The fraction of sp³-hybridized carbons (Fsp3) is 0.444. The molecule has 1 rings (SSSR count). The quantitative estimate of drug-likeness (QED) is 0.860. The van der Waals surface area contributed by atoms with E-state index in [9.17, 15) is 4.21 Å². The van der Waals surface area contributed by atoms with Crippen LogP contribution >= 0.6 is 15.9 Å². The summed E-state index contributed by atoms with van der Waals surface area (Å²) in [5.74, 6) is 0.662. The molecule has 3 nitrogen and oxygen atoms in total. The average molecular weight is 277 g/mol. The smallest absolute Gasteiger partial charge is 0.117 e. The van der Waals surface area contributed by atoms with Crippen molar-refractivity contribution >= 4 is 32.6 Å². The molecule has 5 heteroatoms. The number of rotatable bonds is 4. The number of hydrogen-bond acceptors (Lipinski definition) is 2. The normalized spacial score (nSPS) is 12.5. The molecule has 1 N–H and O–H groups in total. The van der Waals surface area contributed by atoms with Crippen molar-refractivity contribution in [2.75, 3.05) is 10.5 Å². The predicted octanol–water partition coefficient (Wildman–Crippen LogP) is 2.64. The maximum atomic E-state index is 11.4. The third-order valence-corrected chi connectivity index (χ3v) is 3.71. The monoisotopic (exact) mass is 276 g/mol. The lowest BCUT2D eigenvalue weighted by Crippen LogP contribution is -2.08. The zero-order valence-electron chi connectivity index (χ0n) is 8.21. The predicted molar refractivity (Wildman–Crippen MR) is 63.6 cm³/mol. The van der Waals surface area contributed by atoms with Crippen LogP contribution < -0.4 is 4.72 Å². The fourth-order valence-corrected chi connectivity index (χ4v) is 2.05. The summed E-state index contributed by atoms with van der Waals surface area (Å²) >= 11 is 3.31. The van der Waals surface area contributed by atoms with Crippen molar-refractivity contribution in [3.05, 3.63) is 22.4 Å². The van der Waals surface area contributed by atoms with Crippen molar-refractivity contribution in [1.29, 1.82) is 0 Å². The van der Waals surface area contributed by atoms with Gasteiger partial charge in [-0.05, 0) is 40.9 Å². The van der Waals surface area contributed by atoms with Crippen LogP contribution in [0.1, 0.15) is 18.9 Å². The van der Waals surface area contributed by atoms with E-state index in [0.29, 0.717) is 5.75 Å². The zero-order chi connectivity index (χ0) is 10.6. The Labute approximate surface area is 95.0 Å². The first-order valence-corrected chi connectivity index (χ1v) is 6.52. The molecule has 0 saturated heterocycles. The van der Waals surface area contributed by atoms with Gasteiger partial charge in [-0.15, -0.1) is 0 Å². The van der Waals surface area contributed by atoms with Crippen LogP contribution in [0.4, 0.5) is 5.69 Å². The number of pyridine rings is 1. The number of nitrogens with one attached hydrogen (secondary N) is 1. The Hall–Kier alpha value is -0.420. The lowest BCUT2D eigenvalue weighted by Gasteiger charge is -2.05. The summed E-state index contributed by atoms with van der Waals surface area (Å²) in [5.41, 5.74) is 1.83. The Morgan fingerprint density at radius 1 is 1.64 bits per heavy atom. The first-order valence-electron chi connectivity index (χ1n) is 4.40. The Bertz CT molecular complexity index is 344. The first-order chi connectivity index (χ1) is 6.63. The van der Waals surface area contributed by atoms with Crippen LogP contribution in [0.3, 0.4) is 0 Å². The summed E-state index contributed by atoms with van der Waals surface area (Å²) in [4.78, 5) is 4.11. The van der Waals surface area contributed by atoms with Crippen molar-refractivity contribution in [3.8, 4) is 0 Å². The lowest BCUT2D eigenvalue weighted by molar-refractivity contribution is 0.685. The van der Waals surface area contributed by atoms with Gasteiger partial charge in [0.25, 0.3) is 0 Å². The van der Waals surface area contributed by atoms with Gasteiger partial charge in [0, 0.05) is 5.75 Å². The zero-order valence-corrected chi connectivity index (χ0v) is 10.6. The third kappa shape index (κ3) is 3.38. The van der Waals surface area contributed by atoms with Crippen LogP contribution in [-0.4, -0.2) is 14.9 Å². The van der Waals surface area contributed by atoms with E-state index in [-0.39, 0.29) is 0 Å². The summed E-state index contributed by atoms with van der Waals surface area (Å²) in [6.45, 7) is 3.95. The minimum absolute atomic E-state index is 0.662. The van der Waals surface area contributed by atoms with Crippen LogP contribution in [0, 0.1) is 6.92 Å². The molecule has 0 aliphatic rings. The highest BCUT2D eigenvalue weighted by molar-refractivity contribution is 9.10. The Morgan fingerprint density at radius 3 is 2.93 bits per heavy atom. The minimum Gasteiger partial charge on any atom is -0.304 e. The van der Waals surface area contributed by atoms with E-state index in [1.165, 1.54) is 0 Å². The van der Waals surface area contributed by atoms with Crippen LogP contribution in [0.25, 0.3) is 0 Å². The van der Waals surface area contributed by atoms with Crippen LogP contribution in [-0.2, 0) is 11.0 Å². The molecule has 0 spiro atoms. The summed E-state index contributed by atoms with van der Waals surface area (Å²) in [5, 5.41) is 0. The molecule has 1 atom stereocenters. The number of nitrogens with zero attached hydrogens (tertiary/aromatic N) is 1. The molecule has 1 heterocycles. The Balaban J connectivity index is 2.68. The fourth-order valence-electron chi connectivity index (χ4n) is 0.982. The number of anilines is 1. The molecule has 0 aromatic carbocycles. The summed E-state index contributed by atoms with van der Waals surface area (Å²) in [6, 6.07) is 1.92. The highest BCUT2D eigenvalue weighted by atomic mass is 79.9. The molecule has 0 amide bonds. The molecule has 1 unspecified atom stereocenters. The molecular weight excluding hydrogens is 264 g/mol. The van der Waals surface area contributed by atoms with Gasteiger partial charge in [-0.25, -0.2) is 9.19 Å². The second-order valence-corrected chi connectivity index (χ2v) is 5.04. The van der Waals surface area contributed by atoms with Crippen LogP contribution in [0.15, 0.2) is 16.9 Å². The second kappa shape index (κ2) is 5.46. The van der Waals surface area contributed by atoms with Gasteiger partial charge in [-0.1, -0.05) is 6.92 Å². The maximum Gasteiger partial charge on any atom is 0.117 e. The van der Waals surface area contributed by atoms with E-state index in [1.807, 2.05) is 19.9 Å². The van der Waals surface area contributed by atoms with Crippen LogP contribution in [0.2, 0.25) is 0 Å². The first kappa shape index (κ1) is 11.7. The average Bonchev–Trinajstić information content (AvgIpc) is 2.12. The van der Waals surface area contributed by atoms with Crippen molar-refractivity contribution < 1.29 is 4.21 Å². The number of aryl methyl sites for hydroxylation is 1. The molecule has 0 fully saturated rings. The molecule has 0 aliphatic carbocycles. The molecule has 78 valence electrons. The summed E-state index contributed by atoms with van der Waals surface area (Å²) in [7, 11) is -0.991. The molecule has 1 aromatic rings. The van der Waals surface area contributed by atoms with Gasteiger partial charge in [0.2, 0.25) is 0 Å². The second-order valence-electron chi connectivity index (χ2n) is 2.98. The van der Waals surface area contributed by atoms with Gasteiger partial charge < -0.3 is 4.72 Å². The number of aromatic nitrogens is 1. The summed E-state index contributed by atoms with van der Waals surface area (Å²) in [6.07, 6.45) is 2.58. The van der Waals surface area contributed by atoms with E-state index < -0.39 is 11.0 Å². The number of halogens is 1. The Kier molecular flexibility index (Phi) is 4.54. The maximum absolute atomic E-state index is 11.4. The van der Waals surface area contributed by atoms with Crippen LogP contribution in [0.5, 0.6) is 0 Å². The molecular formula is C9H13BrN2OS. The van der Waals surface area contributed by atoms with Gasteiger partial charge in [0.05, 0.1) is 11.9 Å². The molecule has 0 bridgehead atoms. The van der Waals surface area contributed by atoms with Crippen molar-refractivity contribution in [2.45, 2.75) is 20.3 Å².